The SMILES string of the molecule is NS(=O)(=O)CCCCCCOCCOc1ccccc1. The van der Waals surface area contributed by atoms with Crippen molar-refractivity contribution >= 4 is 10.0 Å². The number of hydrogen-bond acceptors (Lipinski definition) is 4. The molecule has 0 fully saturated rings. The molecule has 114 valence electrons. The third-order valence-electron chi connectivity index (χ3n) is 2.71. The van der Waals surface area contributed by atoms with E-state index in [0.717, 1.165) is 25.0 Å². The van der Waals surface area contributed by atoms with E-state index in [0.29, 0.717) is 26.2 Å². The van der Waals surface area contributed by atoms with Crippen molar-refractivity contribution in [1.82, 2.24) is 0 Å². The minimum absolute atomic E-state index is 0.0682. The molecule has 0 spiro atoms. The Bertz CT molecular complexity index is 448. The molecule has 0 aliphatic rings. The van der Waals surface area contributed by atoms with Gasteiger partial charge in [-0.3, -0.25) is 0 Å². The molecule has 0 aliphatic carbocycles. The van der Waals surface area contributed by atoms with Gasteiger partial charge in [0.15, 0.2) is 0 Å². The molecule has 0 saturated heterocycles. The van der Waals surface area contributed by atoms with Gasteiger partial charge in [-0.25, -0.2) is 13.6 Å². The van der Waals surface area contributed by atoms with Crippen molar-refractivity contribution in [2.75, 3.05) is 25.6 Å². The van der Waals surface area contributed by atoms with Crippen LogP contribution in [0.3, 0.4) is 0 Å². The molecule has 0 unspecified atom stereocenters. The van der Waals surface area contributed by atoms with Crippen molar-refractivity contribution in [1.29, 1.82) is 0 Å². The molecule has 0 aliphatic heterocycles. The van der Waals surface area contributed by atoms with Crippen LogP contribution in [0, 0.1) is 0 Å². The number of nitrogens with two attached hydrogens (primary N) is 1. The van der Waals surface area contributed by atoms with Crippen LogP contribution in [-0.4, -0.2) is 34.0 Å². The molecular weight excluding hydrogens is 278 g/mol. The minimum Gasteiger partial charge on any atom is -0.491 e. The summed E-state index contributed by atoms with van der Waals surface area (Å²) in [7, 11) is -3.30. The zero-order valence-corrected chi connectivity index (χ0v) is 12.5. The number of unbranched alkanes of at least 4 members (excludes halogenated alkanes) is 3. The highest BCUT2D eigenvalue weighted by Gasteiger charge is 2.01. The average Bonchev–Trinajstić information content (AvgIpc) is 2.41. The van der Waals surface area contributed by atoms with Crippen LogP contribution in [0.1, 0.15) is 25.7 Å². The van der Waals surface area contributed by atoms with Crippen molar-refractivity contribution < 1.29 is 17.9 Å². The lowest BCUT2D eigenvalue weighted by Crippen LogP contribution is -2.16. The van der Waals surface area contributed by atoms with Crippen molar-refractivity contribution in [3.63, 3.8) is 0 Å². The molecule has 6 heteroatoms. The first-order chi connectivity index (χ1) is 9.58. The second kappa shape index (κ2) is 9.74. The van der Waals surface area contributed by atoms with Gasteiger partial charge >= 0.3 is 0 Å². The third-order valence-corrected chi connectivity index (χ3v) is 3.56. The molecule has 0 heterocycles. The lowest BCUT2D eigenvalue weighted by molar-refractivity contribution is 0.0971. The van der Waals surface area contributed by atoms with Crippen LogP contribution in [0.5, 0.6) is 5.75 Å². The molecule has 0 amide bonds. The largest absolute Gasteiger partial charge is 0.491 e. The topological polar surface area (TPSA) is 78.6 Å². The second-order valence-electron chi connectivity index (χ2n) is 4.56. The third kappa shape index (κ3) is 9.77. The highest BCUT2D eigenvalue weighted by Crippen LogP contribution is 2.07. The summed E-state index contributed by atoms with van der Waals surface area (Å²) in [6, 6.07) is 9.62. The molecule has 5 nitrogen and oxygen atoms in total. The van der Waals surface area contributed by atoms with Gasteiger partial charge in [0.25, 0.3) is 0 Å². The summed E-state index contributed by atoms with van der Waals surface area (Å²) >= 11 is 0. The van der Waals surface area contributed by atoms with Gasteiger partial charge in [0.1, 0.15) is 12.4 Å². The molecule has 0 aromatic heterocycles. The Morgan fingerprint density at radius 1 is 0.900 bits per heavy atom. The van der Waals surface area contributed by atoms with Crippen LogP contribution in [0.4, 0.5) is 0 Å². The predicted octanol–water partition coefficient (Wildman–Crippen LogP) is 1.93. The summed E-state index contributed by atoms with van der Waals surface area (Å²) in [5, 5.41) is 4.91. The molecule has 0 saturated carbocycles. The monoisotopic (exact) mass is 301 g/mol. The zero-order valence-electron chi connectivity index (χ0n) is 11.7. The standard InChI is InChI=1S/C14H23NO4S/c15-20(16,17)13-7-2-1-6-10-18-11-12-19-14-8-4-3-5-9-14/h3-5,8-9H,1-2,6-7,10-13H2,(H2,15,16,17). The van der Waals surface area contributed by atoms with Crippen LogP contribution in [-0.2, 0) is 14.8 Å². The quantitative estimate of drug-likeness (QED) is 0.633. The van der Waals surface area contributed by atoms with E-state index in [1.165, 1.54) is 0 Å². The molecule has 0 radical (unpaired) electrons. The van der Waals surface area contributed by atoms with Crippen LogP contribution < -0.4 is 9.88 Å². The molecule has 2 N–H and O–H groups in total. The van der Waals surface area contributed by atoms with Gasteiger partial charge in [0.2, 0.25) is 10.0 Å². The van der Waals surface area contributed by atoms with Gasteiger partial charge in [-0.2, -0.15) is 0 Å². The van der Waals surface area contributed by atoms with E-state index in [-0.39, 0.29) is 5.75 Å². The summed E-state index contributed by atoms with van der Waals surface area (Å²) in [6.45, 7) is 1.77. The maximum Gasteiger partial charge on any atom is 0.209 e. The number of hydrogen-bond donors (Lipinski definition) is 1. The number of sulfonamides is 1. The lowest BCUT2D eigenvalue weighted by atomic mass is 10.2. The van der Waals surface area contributed by atoms with Crippen molar-refractivity contribution in [2.45, 2.75) is 25.7 Å². The van der Waals surface area contributed by atoms with E-state index in [2.05, 4.69) is 0 Å². The first kappa shape index (κ1) is 16.9. The van der Waals surface area contributed by atoms with Crippen LogP contribution in [0.15, 0.2) is 30.3 Å². The van der Waals surface area contributed by atoms with Gasteiger partial charge in [-0.15, -0.1) is 0 Å². The Kier molecular flexibility index (Phi) is 8.25. The highest BCUT2D eigenvalue weighted by molar-refractivity contribution is 7.89. The number of para-hydroxylation sites is 1. The fraction of sp³-hybridized carbons (Fsp3) is 0.571. The molecule has 1 rings (SSSR count). The molecule has 1 aromatic carbocycles. The summed E-state index contributed by atoms with van der Waals surface area (Å²) < 4.78 is 32.3. The normalized spacial score (nSPS) is 11.4. The van der Waals surface area contributed by atoms with E-state index in [9.17, 15) is 8.42 Å². The molecule has 20 heavy (non-hydrogen) atoms. The molecule has 0 bridgehead atoms. The van der Waals surface area contributed by atoms with E-state index in [1.807, 2.05) is 30.3 Å². The van der Waals surface area contributed by atoms with Crippen molar-refractivity contribution in [2.24, 2.45) is 5.14 Å². The van der Waals surface area contributed by atoms with Crippen LogP contribution >= 0.6 is 0 Å². The molecule has 1 aromatic rings. The average molecular weight is 301 g/mol. The summed E-state index contributed by atoms with van der Waals surface area (Å²) in [6.07, 6.45) is 3.36. The van der Waals surface area contributed by atoms with E-state index >= 15 is 0 Å². The van der Waals surface area contributed by atoms with E-state index in [1.54, 1.807) is 0 Å². The van der Waals surface area contributed by atoms with Crippen molar-refractivity contribution in [3.05, 3.63) is 30.3 Å². The molecule has 0 atom stereocenters. The van der Waals surface area contributed by atoms with Gasteiger partial charge in [0, 0.05) is 6.61 Å². The summed E-state index contributed by atoms with van der Waals surface area (Å²) in [4.78, 5) is 0. The maximum atomic E-state index is 10.7. The fourth-order valence-corrected chi connectivity index (χ4v) is 2.30. The Labute approximate surface area is 121 Å². The van der Waals surface area contributed by atoms with Gasteiger partial charge in [-0.05, 0) is 25.0 Å². The second-order valence-corrected chi connectivity index (χ2v) is 6.29. The van der Waals surface area contributed by atoms with Gasteiger partial charge < -0.3 is 9.47 Å². The maximum absolute atomic E-state index is 10.7. The van der Waals surface area contributed by atoms with E-state index in [4.69, 9.17) is 14.6 Å². The zero-order chi connectivity index (χ0) is 14.7. The summed E-state index contributed by atoms with van der Waals surface area (Å²) in [5.41, 5.74) is 0. The number of primary sulfonamides is 1. The Hall–Kier alpha value is -1.11. The van der Waals surface area contributed by atoms with Gasteiger partial charge in [0.05, 0.1) is 12.4 Å². The minimum atomic E-state index is -3.30. The lowest BCUT2D eigenvalue weighted by Gasteiger charge is -2.07. The Morgan fingerprint density at radius 2 is 1.60 bits per heavy atom. The van der Waals surface area contributed by atoms with Crippen molar-refractivity contribution in [3.8, 4) is 5.75 Å². The van der Waals surface area contributed by atoms with Gasteiger partial charge in [-0.1, -0.05) is 31.0 Å². The highest BCUT2D eigenvalue weighted by atomic mass is 32.2. The Balaban J connectivity index is 1.86. The number of rotatable bonds is 11. The van der Waals surface area contributed by atoms with Crippen LogP contribution in [0.25, 0.3) is 0 Å². The Morgan fingerprint density at radius 3 is 2.30 bits per heavy atom. The van der Waals surface area contributed by atoms with E-state index < -0.39 is 10.0 Å². The molecular formula is C14H23NO4S. The first-order valence-electron chi connectivity index (χ1n) is 6.84. The number of ether oxygens (including phenoxy) is 2. The predicted molar refractivity (Wildman–Crippen MR) is 79.2 cm³/mol. The first-order valence-corrected chi connectivity index (χ1v) is 8.55. The smallest absolute Gasteiger partial charge is 0.209 e. The number of benzene rings is 1. The van der Waals surface area contributed by atoms with Crippen LogP contribution in [0.2, 0.25) is 0 Å². The fourth-order valence-electron chi connectivity index (χ4n) is 1.70. The summed E-state index contributed by atoms with van der Waals surface area (Å²) in [5.74, 6) is 0.915.